The van der Waals surface area contributed by atoms with Gasteiger partial charge in [-0.2, -0.15) is 5.10 Å². The van der Waals surface area contributed by atoms with Crippen LogP contribution in [-0.2, 0) is 16.6 Å². The first-order valence-corrected chi connectivity index (χ1v) is 5.82. The van der Waals surface area contributed by atoms with Gasteiger partial charge in [-0.15, -0.1) is 0 Å². The van der Waals surface area contributed by atoms with E-state index < -0.39 is 11.9 Å². The maximum Gasteiger partial charge on any atom is 0.257 e. The fourth-order valence-electron chi connectivity index (χ4n) is 1.39. The zero-order valence-electron chi connectivity index (χ0n) is 11.3. The van der Waals surface area contributed by atoms with E-state index in [9.17, 15) is 9.59 Å². The largest absolute Gasteiger partial charge is 0.383 e. The smallest absolute Gasteiger partial charge is 0.257 e. The number of aromatic nitrogens is 2. The number of nitrogens with zero attached hydrogens (tertiary/aromatic N) is 2. The van der Waals surface area contributed by atoms with Gasteiger partial charge >= 0.3 is 0 Å². The summed E-state index contributed by atoms with van der Waals surface area (Å²) in [6.45, 7) is 2.40. The highest BCUT2D eigenvalue weighted by Crippen LogP contribution is 2.08. The van der Waals surface area contributed by atoms with Crippen LogP contribution in [0.1, 0.15) is 17.3 Å². The summed E-state index contributed by atoms with van der Waals surface area (Å²) in [4.78, 5) is 23.5. The van der Waals surface area contributed by atoms with Gasteiger partial charge in [0.2, 0.25) is 5.91 Å². The molecule has 4 N–H and O–H groups in total. The lowest BCUT2D eigenvalue weighted by Gasteiger charge is -2.13. The zero-order chi connectivity index (χ0) is 14.4. The first-order valence-electron chi connectivity index (χ1n) is 5.82. The molecule has 1 heterocycles. The number of methoxy groups -OCH3 is 1. The minimum atomic E-state index is -0.663. The lowest BCUT2D eigenvalue weighted by Crippen LogP contribution is -2.45. The van der Waals surface area contributed by atoms with Gasteiger partial charge in [-0.3, -0.25) is 14.3 Å². The van der Waals surface area contributed by atoms with Crippen molar-refractivity contribution >= 4 is 17.6 Å². The van der Waals surface area contributed by atoms with Gasteiger partial charge in [0.15, 0.2) is 0 Å². The molecule has 0 aliphatic heterocycles. The number of amides is 2. The average molecular weight is 269 g/mol. The number of nitrogens with one attached hydrogen (secondary N) is 2. The van der Waals surface area contributed by atoms with Crippen molar-refractivity contribution < 1.29 is 14.3 Å². The van der Waals surface area contributed by atoms with E-state index in [1.54, 1.807) is 21.1 Å². The molecule has 0 bridgehead atoms. The summed E-state index contributed by atoms with van der Waals surface area (Å²) in [5.41, 5.74) is 5.93. The third kappa shape index (κ3) is 3.95. The van der Waals surface area contributed by atoms with Gasteiger partial charge in [0.1, 0.15) is 17.4 Å². The molecule has 0 aliphatic carbocycles. The molecule has 1 aromatic heterocycles. The van der Waals surface area contributed by atoms with Gasteiger partial charge in [0.05, 0.1) is 12.8 Å². The summed E-state index contributed by atoms with van der Waals surface area (Å²) >= 11 is 0. The van der Waals surface area contributed by atoms with Crippen LogP contribution in [0, 0.1) is 0 Å². The van der Waals surface area contributed by atoms with Crippen LogP contribution >= 0.6 is 0 Å². The molecule has 1 atom stereocenters. The summed E-state index contributed by atoms with van der Waals surface area (Å²) in [5, 5.41) is 9.04. The molecule has 2 amide bonds. The van der Waals surface area contributed by atoms with E-state index in [-0.39, 0.29) is 17.3 Å². The summed E-state index contributed by atoms with van der Waals surface area (Å²) in [7, 11) is 3.18. The number of hydrogen-bond acceptors (Lipinski definition) is 5. The minimum absolute atomic E-state index is 0.249. The summed E-state index contributed by atoms with van der Waals surface area (Å²) in [6.07, 6.45) is 1.36. The predicted octanol–water partition coefficient (Wildman–Crippen LogP) is -1.12. The van der Waals surface area contributed by atoms with Crippen molar-refractivity contribution in [3.05, 3.63) is 11.8 Å². The Balaban J connectivity index is 2.52. The maximum absolute atomic E-state index is 11.9. The topological polar surface area (TPSA) is 111 Å². The third-order valence-corrected chi connectivity index (χ3v) is 2.58. The van der Waals surface area contributed by atoms with Gasteiger partial charge in [0.25, 0.3) is 5.91 Å². The highest BCUT2D eigenvalue weighted by Gasteiger charge is 2.19. The second-order valence-electron chi connectivity index (χ2n) is 4.05. The Kier molecular flexibility index (Phi) is 5.31. The van der Waals surface area contributed by atoms with Crippen molar-refractivity contribution in [3.8, 4) is 0 Å². The van der Waals surface area contributed by atoms with Crippen molar-refractivity contribution in [2.24, 2.45) is 7.05 Å². The lowest BCUT2D eigenvalue weighted by molar-refractivity contribution is -0.122. The van der Waals surface area contributed by atoms with E-state index in [2.05, 4.69) is 15.7 Å². The van der Waals surface area contributed by atoms with Gasteiger partial charge in [0, 0.05) is 20.7 Å². The molecule has 0 fully saturated rings. The molecule has 0 saturated heterocycles. The Labute approximate surface area is 111 Å². The Morgan fingerprint density at radius 1 is 1.58 bits per heavy atom. The summed E-state index contributed by atoms with van der Waals surface area (Å²) in [5.74, 6) is -0.461. The van der Waals surface area contributed by atoms with Crippen LogP contribution in [0.3, 0.4) is 0 Å². The van der Waals surface area contributed by atoms with Crippen molar-refractivity contribution in [3.63, 3.8) is 0 Å². The number of anilines is 1. The molecule has 8 nitrogen and oxygen atoms in total. The maximum atomic E-state index is 11.9. The fraction of sp³-hybridized carbons (Fsp3) is 0.545. The Hall–Kier alpha value is -2.09. The highest BCUT2D eigenvalue weighted by atomic mass is 16.5. The monoisotopic (exact) mass is 269 g/mol. The Morgan fingerprint density at radius 2 is 2.26 bits per heavy atom. The molecule has 0 radical (unpaired) electrons. The molecule has 19 heavy (non-hydrogen) atoms. The van der Waals surface area contributed by atoms with Crippen molar-refractivity contribution in [2.45, 2.75) is 13.0 Å². The van der Waals surface area contributed by atoms with Crippen molar-refractivity contribution in [1.82, 2.24) is 20.4 Å². The van der Waals surface area contributed by atoms with Crippen LogP contribution < -0.4 is 16.4 Å². The van der Waals surface area contributed by atoms with Crippen LogP contribution in [0.4, 0.5) is 5.82 Å². The second-order valence-corrected chi connectivity index (χ2v) is 4.05. The number of hydrogen-bond donors (Lipinski definition) is 3. The van der Waals surface area contributed by atoms with Gasteiger partial charge in [-0.25, -0.2) is 0 Å². The number of rotatable bonds is 6. The van der Waals surface area contributed by atoms with Crippen molar-refractivity contribution in [2.75, 3.05) is 26.0 Å². The first-order chi connectivity index (χ1) is 8.97. The zero-order valence-corrected chi connectivity index (χ0v) is 11.3. The number of carbonyl (C=O) groups is 2. The van der Waals surface area contributed by atoms with Gasteiger partial charge in [-0.1, -0.05) is 0 Å². The quantitative estimate of drug-likeness (QED) is 0.567. The third-order valence-electron chi connectivity index (χ3n) is 2.58. The SMILES string of the molecule is COCCNC(=O)C(C)NC(=O)c1cnn(C)c1N. The van der Waals surface area contributed by atoms with Crippen LogP contribution in [0.5, 0.6) is 0 Å². The van der Waals surface area contributed by atoms with E-state index >= 15 is 0 Å². The van der Waals surface area contributed by atoms with Gasteiger partial charge < -0.3 is 21.1 Å². The van der Waals surface area contributed by atoms with Crippen LogP contribution in [0.15, 0.2) is 6.20 Å². The average Bonchev–Trinajstić information content (AvgIpc) is 2.70. The normalized spacial score (nSPS) is 11.9. The molecular weight excluding hydrogens is 250 g/mol. The van der Waals surface area contributed by atoms with E-state index in [4.69, 9.17) is 10.5 Å². The van der Waals surface area contributed by atoms with E-state index in [1.165, 1.54) is 10.9 Å². The van der Waals surface area contributed by atoms with Crippen LogP contribution in [0.25, 0.3) is 0 Å². The van der Waals surface area contributed by atoms with Crippen molar-refractivity contribution in [1.29, 1.82) is 0 Å². The molecule has 0 spiro atoms. The number of nitrogens with two attached hydrogens (primary N) is 1. The van der Waals surface area contributed by atoms with E-state index in [0.29, 0.717) is 13.2 Å². The predicted molar refractivity (Wildman–Crippen MR) is 69.4 cm³/mol. The Bertz CT molecular complexity index is 457. The molecule has 106 valence electrons. The summed E-state index contributed by atoms with van der Waals surface area (Å²) in [6, 6.07) is -0.663. The molecule has 0 aliphatic rings. The number of carbonyl (C=O) groups excluding carboxylic acids is 2. The molecular formula is C11H19N5O3. The number of aryl methyl sites for hydroxylation is 1. The van der Waals surface area contributed by atoms with Crippen LogP contribution in [0.2, 0.25) is 0 Å². The van der Waals surface area contributed by atoms with E-state index in [0.717, 1.165) is 0 Å². The molecule has 8 heteroatoms. The summed E-state index contributed by atoms with van der Waals surface area (Å²) < 4.78 is 6.20. The van der Waals surface area contributed by atoms with E-state index in [1.807, 2.05) is 0 Å². The molecule has 1 unspecified atom stereocenters. The molecule has 0 saturated carbocycles. The lowest BCUT2D eigenvalue weighted by atomic mass is 10.2. The molecule has 1 rings (SSSR count). The van der Waals surface area contributed by atoms with Crippen LogP contribution in [-0.4, -0.2) is 47.9 Å². The molecule has 1 aromatic rings. The fourth-order valence-corrected chi connectivity index (χ4v) is 1.39. The second kappa shape index (κ2) is 6.74. The van der Waals surface area contributed by atoms with Gasteiger partial charge in [-0.05, 0) is 6.92 Å². The molecule has 0 aromatic carbocycles. The number of ether oxygens (including phenoxy) is 1. The standard InChI is InChI=1S/C11H19N5O3/c1-7(10(17)13-4-5-19-3)15-11(18)8-6-14-16(2)9(8)12/h6-7H,4-5,12H2,1-3H3,(H,13,17)(H,15,18). The minimum Gasteiger partial charge on any atom is -0.383 e. The Morgan fingerprint density at radius 3 is 2.79 bits per heavy atom. The number of nitrogen functional groups attached to an aromatic ring is 1. The first kappa shape index (κ1) is 15.0. The highest BCUT2D eigenvalue weighted by molar-refractivity contribution is 6.00.